The third kappa shape index (κ3) is 2.72. The molecule has 0 radical (unpaired) electrons. The Hall–Kier alpha value is -2.16. The molecule has 0 aliphatic heterocycles. The van der Waals surface area contributed by atoms with Gasteiger partial charge in [-0.3, -0.25) is 0 Å². The van der Waals surface area contributed by atoms with E-state index >= 15 is 0 Å². The van der Waals surface area contributed by atoms with Crippen LogP contribution in [-0.2, 0) is 4.74 Å². The van der Waals surface area contributed by atoms with Crippen LogP contribution in [0.1, 0.15) is 34.7 Å². The summed E-state index contributed by atoms with van der Waals surface area (Å²) >= 11 is 0. The Labute approximate surface area is 117 Å². The van der Waals surface area contributed by atoms with Crippen molar-refractivity contribution in [3.63, 3.8) is 0 Å². The van der Waals surface area contributed by atoms with Crippen molar-refractivity contribution in [3.8, 4) is 0 Å². The quantitative estimate of drug-likeness (QED) is 0.790. The number of carbonyl (C=O) groups is 1. The first-order valence-corrected chi connectivity index (χ1v) is 6.74. The number of esters is 1. The SMILES string of the molecule is O=C(O[C@H]1C[C@H](c2ccc(F)cc2)C1)c1ccccc1. The maximum atomic E-state index is 12.8. The van der Waals surface area contributed by atoms with Crippen molar-refractivity contribution < 1.29 is 13.9 Å². The third-order valence-corrected chi connectivity index (χ3v) is 3.72. The summed E-state index contributed by atoms with van der Waals surface area (Å²) in [4.78, 5) is 11.9. The molecule has 102 valence electrons. The predicted molar refractivity (Wildman–Crippen MR) is 74.0 cm³/mol. The minimum atomic E-state index is -0.270. The molecule has 2 nitrogen and oxygen atoms in total. The van der Waals surface area contributed by atoms with Crippen molar-refractivity contribution >= 4 is 5.97 Å². The van der Waals surface area contributed by atoms with E-state index in [1.54, 1.807) is 24.3 Å². The van der Waals surface area contributed by atoms with E-state index in [0.717, 1.165) is 18.4 Å². The molecule has 3 heteroatoms. The fourth-order valence-corrected chi connectivity index (χ4v) is 2.46. The van der Waals surface area contributed by atoms with Crippen molar-refractivity contribution in [2.45, 2.75) is 24.9 Å². The molecule has 0 amide bonds. The second-order valence-electron chi connectivity index (χ2n) is 5.11. The lowest BCUT2D eigenvalue weighted by molar-refractivity contribution is 0.00209. The molecule has 0 saturated heterocycles. The van der Waals surface area contributed by atoms with E-state index in [-0.39, 0.29) is 17.9 Å². The Balaban J connectivity index is 1.53. The second kappa shape index (κ2) is 5.45. The van der Waals surface area contributed by atoms with Crippen LogP contribution in [0.2, 0.25) is 0 Å². The number of hydrogen-bond acceptors (Lipinski definition) is 2. The summed E-state index contributed by atoms with van der Waals surface area (Å²) in [5, 5.41) is 0. The van der Waals surface area contributed by atoms with Gasteiger partial charge in [-0.05, 0) is 48.6 Å². The van der Waals surface area contributed by atoms with E-state index in [1.807, 2.05) is 18.2 Å². The first kappa shape index (κ1) is 12.9. The van der Waals surface area contributed by atoms with Gasteiger partial charge >= 0.3 is 5.97 Å². The van der Waals surface area contributed by atoms with E-state index in [2.05, 4.69) is 0 Å². The van der Waals surface area contributed by atoms with Crippen LogP contribution in [0.15, 0.2) is 54.6 Å². The highest BCUT2D eigenvalue weighted by molar-refractivity contribution is 5.89. The molecule has 3 rings (SSSR count). The van der Waals surface area contributed by atoms with Gasteiger partial charge in [0.15, 0.2) is 0 Å². The largest absolute Gasteiger partial charge is 0.459 e. The smallest absolute Gasteiger partial charge is 0.338 e. The van der Waals surface area contributed by atoms with E-state index in [9.17, 15) is 9.18 Å². The summed E-state index contributed by atoms with van der Waals surface area (Å²) in [6.45, 7) is 0. The predicted octanol–water partition coefficient (Wildman–Crippen LogP) is 3.93. The number of halogens is 1. The maximum absolute atomic E-state index is 12.8. The van der Waals surface area contributed by atoms with Gasteiger partial charge in [0, 0.05) is 0 Å². The van der Waals surface area contributed by atoms with Crippen molar-refractivity contribution in [2.75, 3.05) is 0 Å². The van der Waals surface area contributed by atoms with Crippen LogP contribution >= 0.6 is 0 Å². The Morgan fingerprint density at radius 2 is 1.65 bits per heavy atom. The van der Waals surface area contributed by atoms with Crippen LogP contribution in [0.25, 0.3) is 0 Å². The molecule has 0 aromatic heterocycles. The average Bonchev–Trinajstić information content (AvgIpc) is 2.44. The number of rotatable bonds is 3. The highest BCUT2D eigenvalue weighted by Gasteiger charge is 2.33. The normalized spacial score (nSPS) is 21.1. The lowest BCUT2D eigenvalue weighted by atomic mass is 9.77. The Bertz CT molecular complexity index is 586. The van der Waals surface area contributed by atoms with Crippen molar-refractivity contribution in [3.05, 3.63) is 71.5 Å². The Morgan fingerprint density at radius 1 is 1.00 bits per heavy atom. The Kier molecular flexibility index (Phi) is 3.50. The molecule has 2 aromatic carbocycles. The molecular weight excluding hydrogens is 255 g/mol. The van der Waals surface area contributed by atoms with Gasteiger partial charge in [-0.2, -0.15) is 0 Å². The maximum Gasteiger partial charge on any atom is 0.338 e. The molecule has 1 aliphatic rings. The van der Waals surface area contributed by atoms with Gasteiger partial charge in [0.05, 0.1) is 5.56 Å². The summed E-state index contributed by atoms with van der Waals surface area (Å²) in [5.41, 5.74) is 1.69. The molecular formula is C17H15FO2. The zero-order chi connectivity index (χ0) is 13.9. The lowest BCUT2D eigenvalue weighted by Crippen LogP contribution is -2.31. The summed E-state index contributed by atoms with van der Waals surface area (Å²) < 4.78 is 18.3. The first-order valence-electron chi connectivity index (χ1n) is 6.74. The highest BCUT2D eigenvalue weighted by Crippen LogP contribution is 2.39. The molecule has 1 saturated carbocycles. The van der Waals surface area contributed by atoms with Gasteiger partial charge in [-0.15, -0.1) is 0 Å². The Morgan fingerprint density at radius 3 is 2.30 bits per heavy atom. The number of benzene rings is 2. The minimum Gasteiger partial charge on any atom is -0.459 e. The van der Waals surface area contributed by atoms with E-state index in [1.165, 1.54) is 12.1 Å². The molecule has 2 aromatic rings. The minimum absolute atomic E-state index is 0.0299. The van der Waals surface area contributed by atoms with Gasteiger partial charge in [0.1, 0.15) is 11.9 Å². The van der Waals surface area contributed by atoms with Crippen LogP contribution < -0.4 is 0 Å². The van der Waals surface area contributed by atoms with Crippen LogP contribution in [0.3, 0.4) is 0 Å². The second-order valence-corrected chi connectivity index (χ2v) is 5.11. The van der Waals surface area contributed by atoms with Gasteiger partial charge in [0.25, 0.3) is 0 Å². The van der Waals surface area contributed by atoms with Crippen LogP contribution in [0.4, 0.5) is 4.39 Å². The molecule has 0 spiro atoms. The summed E-state index contributed by atoms with van der Waals surface area (Å²) in [6.07, 6.45) is 1.59. The van der Waals surface area contributed by atoms with Crippen molar-refractivity contribution in [1.82, 2.24) is 0 Å². The average molecular weight is 270 g/mol. The van der Waals surface area contributed by atoms with E-state index < -0.39 is 0 Å². The molecule has 1 fully saturated rings. The summed E-state index contributed by atoms with van der Waals surface area (Å²) in [5.74, 6) is -0.127. The molecule has 0 N–H and O–H groups in total. The zero-order valence-corrected chi connectivity index (χ0v) is 11.0. The molecule has 1 aliphatic carbocycles. The lowest BCUT2D eigenvalue weighted by Gasteiger charge is -2.35. The molecule has 0 unspecified atom stereocenters. The topological polar surface area (TPSA) is 26.3 Å². The molecule has 0 bridgehead atoms. The third-order valence-electron chi connectivity index (χ3n) is 3.72. The van der Waals surface area contributed by atoms with E-state index in [4.69, 9.17) is 4.74 Å². The van der Waals surface area contributed by atoms with Gasteiger partial charge in [-0.1, -0.05) is 30.3 Å². The summed E-state index contributed by atoms with van der Waals surface area (Å²) in [6, 6.07) is 15.5. The fraction of sp³-hybridized carbons (Fsp3) is 0.235. The number of carbonyl (C=O) groups excluding carboxylic acids is 1. The monoisotopic (exact) mass is 270 g/mol. The van der Waals surface area contributed by atoms with Crippen molar-refractivity contribution in [1.29, 1.82) is 0 Å². The van der Waals surface area contributed by atoms with Gasteiger partial charge in [-0.25, -0.2) is 9.18 Å². The number of hydrogen-bond donors (Lipinski definition) is 0. The molecule has 0 atom stereocenters. The molecule has 20 heavy (non-hydrogen) atoms. The highest BCUT2D eigenvalue weighted by atomic mass is 19.1. The number of ether oxygens (including phenoxy) is 1. The summed E-state index contributed by atoms with van der Waals surface area (Å²) in [7, 11) is 0. The van der Waals surface area contributed by atoms with Gasteiger partial charge in [0.2, 0.25) is 0 Å². The molecule has 0 heterocycles. The fourth-order valence-electron chi connectivity index (χ4n) is 2.46. The standard InChI is InChI=1S/C17H15FO2/c18-15-8-6-12(7-9-15)14-10-16(11-14)20-17(19)13-4-2-1-3-5-13/h1-9,14,16H,10-11H2/t14-,16-. The first-order chi connectivity index (χ1) is 9.72. The van der Waals surface area contributed by atoms with Crippen LogP contribution in [0.5, 0.6) is 0 Å². The van der Waals surface area contributed by atoms with E-state index in [0.29, 0.717) is 11.5 Å². The van der Waals surface area contributed by atoms with Gasteiger partial charge < -0.3 is 4.74 Å². The van der Waals surface area contributed by atoms with Crippen molar-refractivity contribution in [2.24, 2.45) is 0 Å². The zero-order valence-electron chi connectivity index (χ0n) is 11.0. The van der Waals surface area contributed by atoms with Crippen LogP contribution in [0, 0.1) is 5.82 Å². The van der Waals surface area contributed by atoms with Crippen LogP contribution in [-0.4, -0.2) is 12.1 Å².